The molecule has 1 saturated heterocycles. The fraction of sp³-hybridized carbons (Fsp3) is 0.451. The first-order chi connectivity index (χ1) is 38.5. The molecule has 0 bridgehead atoms. The van der Waals surface area contributed by atoms with Gasteiger partial charge in [0, 0.05) is 48.1 Å². The monoisotopic (exact) mass is 1480 g/mol. The van der Waals surface area contributed by atoms with Gasteiger partial charge in [-0.25, -0.2) is 0 Å². The molecule has 4 aromatic carbocycles. The number of epoxide rings is 1. The summed E-state index contributed by atoms with van der Waals surface area (Å²) in [4.78, 5) is 0. The number of hydrogen-bond donors (Lipinski definition) is 7. The Kier molecular flexibility index (Phi) is 37.4. The Balaban J connectivity index is 0. The van der Waals surface area contributed by atoms with Gasteiger partial charge >= 0.3 is 46.9 Å². The second kappa shape index (κ2) is 38.3. The predicted molar refractivity (Wildman–Crippen MR) is 290 cm³/mol. The molecule has 1 fully saturated rings. The van der Waals surface area contributed by atoms with E-state index in [2.05, 4.69) is 64.3 Å². The van der Waals surface area contributed by atoms with Crippen molar-refractivity contribution in [2.75, 3.05) is 64.6 Å². The largest absolute Gasteiger partial charge is 0.522 e. The van der Waals surface area contributed by atoms with Crippen LogP contribution in [-0.4, -0.2) is 165 Å². The van der Waals surface area contributed by atoms with Crippen LogP contribution in [0.1, 0.15) is 49.9 Å². The molecule has 7 N–H and O–H groups in total. The summed E-state index contributed by atoms with van der Waals surface area (Å²) < 4.78 is 205. The maximum absolute atomic E-state index is 10.7. The number of halogens is 11. The van der Waals surface area contributed by atoms with Crippen LogP contribution < -0.4 is 18.9 Å². The average Bonchev–Trinajstić information content (AvgIpc) is 2.66. The molecule has 4 aromatic rings. The molecule has 5 rings (SSSR count). The van der Waals surface area contributed by atoms with Gasteiger partial charge in [0.2, 0.25) is 0 Å². The van der Waals surface area contributed by atoms with Crippen molar-refractivity contribution >= 4 is 53.6 Å². The van der Waals surface area contributed by atoms with Gasteiger partial charge in [-0.1, -0.05) is 88.1 Å². The molecule has 0 spiro atoms. The van der Waals surface area contributed by atoms with E-state index in [4.69, 9.17) is 102 Å². The fourth-order valence-corrected chi connectivity index (χ4v) is 5.70. The molecule has 1 heterocycles. The van der Waals surface area contributed by atoms with Crippen LogP contribution in [-0.2, 0) is 50.7 Å². The number of ether oxygens (including phenoxy) is 6. The van der Waals surface area contributed by atoms with Crippen LogP contribution in [0.2, 0.25) is 0 Å². The van der Waals surface area contributed by atoms with Crippen LogP contribution in [0.15, 0.2) is 97.1 Å². The zero-order valence-corrected chi connectivity index (χ0v) is 50.8. The molecule has 4 unspecified atom stereocenters. The van der Waals surface area contributed by atoms with E-state index < -0.39 is 65.2 Å². The maximum Gasteiger partial charge on any atom is 0.522 e. The standard InChI is InChI=1S/C24H29ClO5.C21H25ClO4.C3H4O.3CHF3O3S.Er/c1-4-13-28-15-21(27)17-30-23-11-7-19(8-12-23)24(2,3)18-5-9-22(10-6-18)29-16-20(26)14-25;1-21(2,15-3-7-18(8-4-15)24-12-17(23)11-22)16-5-9-19(10-6-16)25-13-20-14-26-20;1-2-3-4;3*2-1(3,4)8(5,6)7;/h1,5-12,20-21,26-27H,13-17H2,2-3H3;3-10,17,20,23H,11-14H2,1-2H3;1,4H,3H2;3*(H,5,6,7);. The number of hydrogen-bond acceptors (Lipinski definition) is 16. The summed E-state index contributed by atoms with van der Waals surface area (Å²) >= 11 is 11.2. The maximum atomic E-state index is 10.7. The van der Waals surface area contributed by atoms with Crippen LogP contribution in [0.3, 0.4) is 0 Å². The summed E-state index contributed by atoms with van der Waals surface area (Å²) in [5, 5.41) is 36.4. The van der Waals surface area contributed by atoms with Crippen molar-refractivity contribution in [2.24, 2.45) is 0 Å². The number of terminal acetylenes is 2. The van der Waals surface area contributed by atoms with Crippen LogP contribution in [0.4, 0.5) is 39.5 Å². The van der Waals surface area contributed by atoms with Gasteiger partial charge in [-0.15, -0.1) is 36.0 Å². The Morgan fingerprint density at radius 3 is 0.953 bits per heavy atom. The third-order valence-electron chi connectivity index (χ3n) is 10.3. The van der Waals surface area contributed by atoms with Gasteiger partial charge in [0.05, 0.1) is 25.0 Å². The van der Waals surface area contributed by atoms with Crippen molar-refractivity contribution in [3.8, 4) is 47.7 Å². The van der Waals surface area contributed by atoms with Crippen molar-refractivity contribution in [1.29, 1.82) is 0 Å². The molecule has 0 aromatic heterocycles. The Bertz CT molecular complexity index is 2860. The molecule has 0 saturated carbocycles. The van der Waals surface area contributed by atoms with Crippen molar-refractivity contribution in [3.63, 3.8) is 0 Å². The topological polar surface area (TPSA) is 303 Å². The van der Waals surface area contributed by atoms with E-state index in [0.717, 1.165) is 29.2 Å². The van der Waals surface area contributed by atoms with E-state index in [1.54, 1.807) is 0 Å². The van der Waals surface area contributed by atoms with Gasteiger partial charge in [0.1, 0.15) is 87.1 Å². The normalized spacial score (nSPS) is 14.3. The van der Waals surface area contributed by atoms with Crippen molar-refractivity contribution in [2.45, 2.75) is 79.5 Å². The van der Waals surface area contributed by atoms with E-state index in [9.17, 15) is 54.8 Å². The molecule has 34 heteroatoms. The molecule has 486 valence electrons. The van der Waals surface area contributed by atoms with Crippen LogP contribution in [0.25, 0.3) is 0 Å². The predicted octanol–water partition coefficient (Wildman–Crippen LogP) is 7.94. The van der Waals surface area contributed by atoms with E-state index in [1.165, 1.54) is 11.1 Å². The molecule has 0 aliphatic carbocycles. The smallest absolute Gasteiger partial charge is 0.491 e. The van der Waals surface area contributed by atoms with E-state index in [1.807, 2.05) is 78.7 Å². The first-order valence-electron chi connectivity index (χ1n) is 23.4. The second-order valence-electron chi connectivity index (χ2n) is 17.7. The SMILES string of the molecule is C#CCO.C#CCOCC(O)COc1ccc(C(C)(C)c2ccc(OCC(O)CCl)cc2)cc1.CC(C)(c1ccc(OCC(O)CCl)cc1)c1ccc(OCC2CO2)cc1.O=S(=O)(O)C(F)(F)F.O=S(=O)(O)C(F)(F)F.O=S(=O)(O)C(F)(F)F.[Er]. The summed E-state index contributed by atoms with van der Waals surface area (Å²) in [6, 6.07) is 31.8. The Labute approximate surface area is 525 Å². The van der Waals surface area contributed by atoms with Crippen molar-refractivity contribution in [3.05, 3.63) is 119 Å². The van der Waals surface area contributed by atoms with E-state index in [-0.39, 0.29) is 106 Å². The summed E-state index contributed by atoms with van der Waals surface area (Å²) in [7, 11) is -17.5. The van der Waals surface area contributed by atoms with Crippen molar-refractivity contribution in [1.82, 2.24) is 0 Å². The summed E-state index contributed by atoms with van der Waals surface area (Å²) in [5.74, 6) is 7.59. The summed E-state index contributed by atoms with van der Waals surface area (Å²) in [6.07, 6.45) is 7.82. The second-order valence-corrected chi connectivity index (χ2v) is 22.5. The minimum Gasteiger partial charge on any atom is -0.491 e. The Hall–Kier alpha value is -4.11. The van der Waals surface area contributed by atoms with Crippen LogP contribution >= 0.6 is 23.2 Å². The van der Waals surface area contributed by atoms with Gasteiger partial charge in [0.25, 0.3) is 0 Å². The first-order valence-corrected chi connectivity index (χ1v) is 28.8. The van der Waals surface area contributed by atoms with Gasteiger partial charge in [-0.3, -0.25) is 13.7 Å². The molecule has 19 nitrogen and oxygen atoms in total. The number of aliphatic hydroxyl groups excluding tert-OH is 4. The van der Waals surface area contributed by atoms with Gasteiger partial charge in [-0.2, -0.15) is 64.8 Å². The zero-order chi connectivity index (χ0) is 65.0. The average molecular weight is 1480 g/mol. The molecular weight excluding hydrogens is 1420 g/mol. The zero-order valence-electron chi connectivity index (χ0n) is 45.0. The van der Waals surface area contributed by atoms with Gasteiger partial charge in [-0.05, 0) is 70.8 Å². The molecule has 4 atom stereocenters. The van der Waals surface area contributed by atoms with E-state index in [0.29, 0.717) is 18.1 Å². The third-order valence-corrected chi connectivity index (χ3v) is 12.8. The summed E-state index contributed by atoms with van der Waals surface area (Å²) in [6.45, 7) is 10.7. The molecule has 0 radical (unpaired) electrons. The third kappa shape index (κ3) is 33.7. The number of rotatable bonds is 21. The van der Waals surface area contributed by atoms with Gasteiger partial charge in [0.15, 0.2) is 0 Å². The van der Waals surface area contributed by atoms with Crippen molar-refractivity contribution < 1.29 is 165 Å². The minimum absolute atomic E-state index is 0. The molecule has 0 amide bonds. The molecular formula is C51H61Cl2ErF9O19S3. The molecule has 85 heavy (non-hydrogen) atoms. The number of aliphatic hydroxyl groups is 4. The number of benzene rings is 4. The Morgan fingerprint density at radius 2 is 0.753 bits per heavy atom. The van der Waals surface area contributed by atoms with Crippen LogP contribution in [0, 0.1) is 62.0 Å². The molecule has 1 aliphatic heterocycles. The van der Waals surface area contributed by atoms with Crippen LogP contribution in [0.5, 0.6) is 23.0 Å². The quantitative estimate of drug-likeness (QED) is 0.00792. The van der Waals surface area contributed by atoms with Gasteiger partial charge < -0.3 is 48.8 Å². The Morgan fingerprint density at radius 1 is 0.518 bits per heavy atom. The number of alkyl halides is 11. The minimum atomic E-state index is -5.84. The first kappa shape index (κ1) is 83.0. The molecule has 1 aliphatic rings. The van der Waals surface area contributed by atoms with E-state index >= 15 is 0 Å². The fourth-order valence-electron chi connectivity index (χ4n) is 5.53. The summed E-state index contributed by atoms with van der Waals surface area (Å²) in [5.41, 5.74) is -12.3.